The van der Waals surface area contributed by atoms with Gasteiger partial charge in [-0.3, -0.25) is 4.90 Å². The summed E-state index contributed by atoms with van der Waals surface area (Å²) >= 11 is 0. The second kappa shape index (κ2) is 14.9. The Kier molecular flexibility index (Phi) is 12.5. The Labute approximate surface area is 272 Å². The van der Waals surface area contributed by atoms with Crippen molar-refractivity contribution in [3.05, 3.63) is 0 Å². The van der Waals surface area contributed by atoms with Gasteiger partial charge in [0.05, 0.1) is 12.2 Å². The van der Waals surface area contributed by atoms with E-state index in [0.717, 1.165) is 38.5 Å². The van der Waals surface area contributed by atoms with Crippen molar-refractivity contribution in [2.75, 3.05) is 42.8 Å². The predicted molar refractivity (Wildman–Crippen MR) is 182 cm³/mol. The van der Waals surface area contributed by atoms with E-state index in [1.807, 2.05) is 0 Å². The van der Waals surface area contributed by atoms with Crippen LogP contribution >= 0.6 is 0 Å². The van der Waals surface area contributed by atoms with Crippen LogP contribution in [-0.2, 0) is 9.47 Å². The van der Waals surface area contributed by atoms with E-state index in [1.165, 1.54) is 4.90 Å². The zero-order valence-corrected chi connectivity index (χ0v) is 30.1. The van der Waals surface area contributed by atoms with Crippen LogP contribution in [0.1, 0.15) is 108 Å². The number of aliphatic hydroxyl groups excluding tert-OH is 2. The number of methoxy groups -OCH3 is 2. The van der Waals surface area contributed by atoms with Gasteiger partial charge in [0.1, 0.15) is 12.5 Å². The van der Waals surface area contributed by atoms with Crippen LogP contribution in [0.2, 0.25) is 0 Å². The van der Waals surface area contributed by atoms with Crippen molar-refractivity contribution in [3.63, 3.8) is 0 Å². The Bertz CT molecular complexity index is 971. The molecule has 0 bridgehead atoms. The van der Waals surface area contributed by atoms with E-state index >= 15 is 0 Å². The molecule has 0 saturated carbocycles. The lowest BCUT2D eigenvalue weighted by atomic mass is 9.73. The summed E-state index contributed by atoms with van der Waals surface area (Å²) in [6, 6.07) is 0. The van der Waals surface area contributed by atoms with Crippen molar-refractivity contribution in [1.82, 2.24) is 25.6 Å². The molecule has 2 aliphatic rings. The lowest BCUT2D eigenvalue weighted by molar-refractivity contribution is -0.00439. The number of hydrogen-bond donors (Lipinski definition) is 6. The van der Waals surface area contributed by atoms with E-state index in [1.54, 1.807) is 28.1 Å². The Morgan fingerprint density at radius 1 is 0.689 bits per heavy atom. The smallest absolute Gasteiger partial charge is 0.236 e. The number of aromatic nitrogens is 3. The van der Waals surface area contributed by atoms with Crippen molar-refractivity contribution >= 4 is 17.8 Å². The zero-order chi connectivity index (χ0) is 33.8. The molecule has 0 aromatic carbocycles. The number of anilines is 3. The second-order valence-electron chi connectivity index (χ2n) is 16.1. The molecular weight excluding hydrogens is 572 g/mol. The number of rotatable bonds is 15. The van der Waals surface area contributed by atoms with Crippen molar-refractivity contribution in [3.8, 4) is 0 Å². The van der Waals surface area contributed by atoms with Gasteiger partial charge in [-0.1, -0.05) is 0 Å². The van der Waals surface area contributed by atoms with E-state index in [2.05, 4.69) is 91.6 Å². The maximum atomic E-state index is 10.4. The maximum absolute atomic E-state index is 10.4. The molecule has 0 spiro atoms. The van der Waals surface area contributed by atoms with Crippen LogP contribution in [-0.4, -0.2) is 99.3 Å². The Morgan fingerprint density at radius 3 is 1.31 bits per heavy atom. The quantitative estimate of drug-likeness (QED) is 0.154. The molecule has 12 nitrogen and oxygen atoms in total. The minimum absolute atomic E-state index is 0.0356. The highest BCUT2D eigenvalue weighted by atomic mass is 16.5. The number of nitrogens with zero attached hydrogens (tertiary/aromatic N) is 4. The molecule has 0 amide bonds. The molecule has 0 aliphatic carbocycles. The molecule has 0 radical (unpaired) electrons. The van der Waals surface area contributed by atoms with Crippen molar-refractivity contribution in [1.29, 1.82) is 0 Å². The average Bonchev–Trinajstić information content (AvgIpc) is 2.85. The maximum Gasteiger partial charge on any atom is 0.236 e. The van der Waals surface area contributed by atoms with E-state index in [0.29, 0.717) is 36.8 Å². The van der Waals surface area contributed by atoms with Crippen LogP contribution in [0.5, 0.6) is 0 Å². The Balaban J connectivity index is 1.72. The summed E-state index contributed by atoms with van der Waals surface area (Å²) < 4.78 is 12.0. The SMILES string of the molecule is COC(CCNc1nc(NCCC(OC)C2CC(C)(C)NC(C)(C)C2)nc(N(C(C)O)C(C)O)n1)C1CC(C)(C)NC(C)(C)C1. The van der Waals surface area contributed by atoms with Crippen molar-refractivity contribution in [2.45, 2.75) is 155 Å². The molecule has 6 N–H and O–H groups in total. The summed E-state index contributed by atoms with van der Waals surface area (Å²) in [4.78, 5) is 15.2. The highest BCUT2D eigenvalue weighted by molar-refractivity contribution is 5.44. The average molecular weight is 637 g/mol. The molecule has 45 heavy (non-hydrogen) atoms. The van der Waals surface area contributed by atoms with Gasteiger partial charge in [-0.05, 0) is 120 Å². The third kappa shape index (κ3) is 11.1. The molecule has 2 saturated heterocycles. The lowest BCUT2D eigenvalue weighted by Crippen LogP contribution is -2.59. The van der Waals surface area contributed by atoms with E-state index in [9.17, 15) is 10.2 Å². The first-order valence-corrected chi connectivity index (χ1v) is 16.8. The van der Waals surface area contributed by atoms with Gasteiger partial charge in [-0.25, -0.2) is 0 Å². The first-order valence-electron chi connectivity index (χ1n) is 16.8. The number of ether oxygens (including phenoxy) is 2. The van der Waals surface area contributed by atoms with Gasteiger partial charge >= 0.3 is 0 Å². The Hall–Kier alpha value is -1.83. The molecule has 4 unspecified atom stereocenters. The summed E-state index contributed by atoms with van der Waals surface area (Å²) in [6.07, 6.45) is 3.87. The highest BCUT2D eigenvalue weighted by Gasteiger charge is 2.42. The monoisotopic (exact) mass is 637 g/mol. The molecule has 4 atom stereocenters. The normalized spacial score (nSPS) is 24.0. The van der Waals surface area contributed by atoms with Gasteiger partial charge < -0.3 is 41.0 Å². The van der Waals surface area contributed by atoms with E-state index < -0.39 is 12.5 Å². The Morgan fingerprint density at radius 2 is 1.02 bits per heavy atom. The zero-order valence-electron chi connectivity index (χ0n) is 30.1. The number of piperidine rings is 2. The molecule has 3 heterocycles. The van der Waals surface area contributed by atoms with Crippen LogP contribution < -0.4 is 26.2 Å². The third-order valence-corrected chi connectivity index (χ3v) is 9.18. The largest absolute Gasteiger partial charge is 0.381 e. The van der Waals surface area contributed by atoms with Crippen LogP contribution in [0, 0.1) is 11.8 Å². The van der Waals surface area contributed by atoms with Crippen molar-refractivity contribution in [2.24, 2.45) is 11.8 Å². The molecule has 260 valence electrons. The molecular formula is C33H64N8O4. The summed E-state index contributed by atoms with van der Waals surface area (Å²) in [5.41, 5.74) is 0.142. The molecule has 3 rings (SSSR count). The standard InChI is InChI=1S/C33H64N8O4/c1-21(42)41(22(2)43)29-37-27(34-15-13-25(44-11)23-17-30(3,4)39-31(5,6)18-23)36-28(38-29)35-16-14-26(45-12)24-19-32(7,8)40-33(9,10)20-24/h21-26,39-40,42-43H,13-20H2,1-12H3,(H2,34,35,36,37,38). The summed E-state index contributed by atoms with van der Waals surface area (Å²) in [7, 11) is 3.58. The highest BCUT2D eigenvalue weighted by Crippen LogP contribution is 2.37. The van der Waals surface area contributed by atoms with Crippen LogP contribution in [0.4, 0.5) is 17.8 Å². The molecule has 12 heteroatoms. The van der Waals surface area contributed by atoms with E-state index in [4.69, 9.17) is 9.47 Å². The molecule has 1 aromatic heterocycles. The number of hydrogen-bond acceptors (Lipinski definition) is 12. The lowest BCUT2D eigenvalue weighted by Gasteiger charge is -2.48. The molecule has 2 fully saturated rings. The first-order chi connectivity index (χ1) is 20.8. The van der Waals surface area contributed by atoms with Gasteiger partial charge in [0.25, 0.3) is 0 Å². The van der Waals surface area contributed by atoms with Gasteiger partial charge in [-0.15, -0.1) is 0 Å². The van der Waals surface area contributed by atoms with E-state index in [-0.39, 0.29) is 40.3 Å². The fraction of sp³-hybridized carbons (Fsp3) is 0.909. The second-order valence-corrected chi connectivity index (χ2v) is 16.1. The fourth-order valence-corrected chi connectivity index (χ4v) is 8.36. The van der Waals surface area contributed by atoms with Gasteiger partial charge in [-0.2, -0.15) is 15.0 Å². The predicted octanol–water partition coefficient (Wildman–Crippen LogP) is 4.10. The van der Waals surface area contributed by atoms with Gasteiger partial charge in [0, 0.05) is 49.5 Å². The van der Waals surface area contributed by atoms with Crippen LogP contribution in [0.15, 0.2) is 0 Å². The third-order valence-electron chi connectivity index (χ3n) is 9.18. The molecule has 2 aliphatic heterocycles. The summed E-state index contributed by atoms with van der Waals surface area (Å²) in [5, 5.41) is 35.1. The topological polar surface area (TPSA) is 149 Å². The summed E-state index contributed by atoms with van der Waals surface area (Å²) in [6.45, 7) is 22.4. The number of nitrogens with one attached hydrogen (secondary N) is 4. The minimum Gasteiger partial charge on any atom is -0.381 e. The molecule has 1 aromatic rings. The first kappa shape index (κ1) is 37.6. The fourth-order valence-electron chi connectivity index (χ4n) is 8.36. The number of aliphatic hydroxyl groups is 2. The van der Waals surface area contributed by atoms with Crippen LogP contribution in [0.25, 0.3) is 0 Å². The minimum atomic E-state index is -0.998. The van der Waals surface area contributed by atoms with Gasteiger partial charge in [0.15, 0.2) is 0 Å². The van der Waals surface area contributed by atoms with Crippen molar-refractivity contribution < 1.29 is 19.7 Å². The van der Waals surface area contributed by atoms with Crippen LogP contribution in [0.3, 0.4) is 0 Å². The summed E-state index contributed by atoms with van der Waals surface area (Å²) in [5.74, 6) is 1.77. The van der Waals surface area contributed by atoms with Gasteiger partial charge in [0.2, 0.25) is 17.8 Å².